The maximum absolute atomic E-state index is 13.4. The average Bonchev–Trinajstić information content (AvgIpc) is 3.34. The highest BCUT2D eigenvalue weighted by Crippen LogP contribution is 2.31. The number of rotatable bonds is 8. The largest absolute Gasteiger partial charge is 0.417 e. The average molecular weight is 566 g/mol. The molecule has 0 aliphatic heterocycles. The van der Waals surface area contributed by atoms with Gasteiger partial charge < -0.3 is 21.5 Å². The van der Waals surface area contributed by atoms with Gasteiger partial charge in [0.1, 0.15) is 17.5 Å². The number of carbonyl (C=O) groups is 1. The molecule has 0 bridgehead atoms. The molecule has 1 atom stereocenters. The lowest BCUT2D eigenvalue weighted by Gasteiger charge is -2.19. The Kier molecular flexibility index (Phi) is 7.53. The molecule has 13 heteroatoms. The van der Waals surface area contributed by atoms with Crippen LogP contribution in [-0.4, -0.2) is 37.8 Å². The van der Waals surface area contributed by atoms with Gasteiger partial charge in [-0.05, 0) is 41.0 Å². The zero-order valence-corrected chi connectivity index (χ0v) is 21.2. The maximum Gasteiger partial charge on any atom is 0.417 e. The number of benzene rings is 2. The fourth-order valence-corrected chi connectivity index (χ4v) is 4.18. The van der Waals surface area contributed by atoms with Crippen molar-refractivity contribution in [3.05, 3.63) is 101 Å². The Labute approximate surface area is 230 Å². The highest BCUT2D eigenvalue weighted by atomic mass is 19.4. The highest BCUT2D eigenvalue weighted by Gasteiger charge is 2.33. The summed E-state index contributed by atoms with van der Waals surface area (Å²) < 4.78 is 53.6. The molecule has 0 radical (unpaired) electrons. The molecule has 0 spiro atoms. The normalized spacial score (nSPS) is 12.3. The van der Waals surface area contributed by atoms with Crippen LogP contribution in [0.3, 0.4) is 0 Å². The van der Waals surface area contributed by atoms with E-state index in [9.17, 15) is 27.5 Å². The van der Waals surface area contributed by atoms with Gasteiger partial charge in [0.2, 0.25) is 0 Å². The lowest BCUT2D eigenvalue weighted by atomic mass is 10.0. The molecule has 41 heavy (non-hydrogen) atoms. The van der Waals surface area contributed by atoms with Crippen molar-refractivity contribution >= 4 is 28.6 Å². The number of nitrogens with one attached hydrogen (secondary N) is 3. The van der Waals surface area contributed by atoms with Gasteiger partial charge in [0.15, 0.2) is 5.65 Å². The number of fused-ring (bicyclic) bond motifs is 1. The quantitative estimate of drug-likeness (QED) is 0.170. The van der Waals surface area contributed by atoms with Crippen molar-refractivity contribution in [3.63, 3.8) is 0 Å². The van der Waals surface area contributed by atoms with Gasteiger partial charge in [0.25, 0.3) is 5.91 Å². The molecule has 0 fully saturated rings. The number of halogens is 4. The van der Waals surface area contributed by atoms with E-state index in [4.69, 9.17) is 5.73 Å². The predicted octanol–water partition coefficient (Wildman–Crippen LogP) is 4.84. The topological polar surface area (TPSA) is 142 Å². The number of hydrogen-bond donors (Lipinski definition) is 5. The number of aromatic nitrogens is 4. The van der Waals surface area contributed by atoms with Crippen LogP contribution in [-0.2, 0) is 12.7 Å². The number of nitrogen functional groups attached to an aromatic ring is 1. The molecule has 9 nitrogen and oxygen atoms in total. The van der Waals surface area contributed by atoms with Crippen molar-refractivity contribution < 1.29 is 27.5 Å². The van der Waals surface area contributed by atoms with Crippen LogP contribution in [0.2, 0.25) is 0 Å². The van der Waals surface area contributed by atoms with Gasteiger partial charge in [0.05, 0.1) is 29.2 Å². The molecular formula is C28H23F4N7O2. The zero-order chi connectivity index (χ0) is 29.1. The number of nitrogens with zero attached hydrogens (tertiary/aromatic N) is 3. The Morgan fingerprint density at radius 2 is 1.73 bits per heavy atom. The molecule has 0 saturated heterocycles. The lowest BCUT2D eigenvalue weighted by molar-refractivity contribution is -0.137. The van der Waals surface area contributed by atoms with E-state index in [1.54, 1.807) is 6.20 Å². The molecule has 2 aromatic carbocycles. The number of anilines is 2. The first kappa shape index (κ1) is 27.5. The smallest absolute Gasteiger partial charge is 0.394 e. The number of aliphatic hydroxyl groups is 1. The minimum absolute atomic E-state index is 0.0829. The first-order valence-corrected chi connectivity index (χ1v) is 12.3. The van der Waals surface area contributed by atoms with Crippen molar-refractivity contribution in [2.24, 2.45) is 0 Å². The second kappa shape index (κ2) is 11.2. The van der Waals surface area contributed by atoms with Gasteiger partial charge in [0, 0.05) is 24.5 Å². The second-order valence-corrected chi connectivity index (χ2v) is 9.16. The van der Waals surface area contributed by atoms with Crippen molar-refractivity contribution in [1.29, 1.82) is 0 Å². The minimum atomic E-state index is -4.73. The molecule has 0 aliphatic carbocycles. The van der Waals surface area contributed by atoms with Gasteiger partial charge in [-0.1, -0.05) is 36.4 Å². The molecule has 0 aliphatic rings. The Morgan fingerprint density at radius 3 is 2.41 bits per heavy atom. The summed E-state index contributed by atoms with van der Waals surface area (Å²) in [4.78, 5) is 21.2. The first-order chi connectivity index (χ1) is 19.6. The number of hydrogen-bond acceptors (Lipinski definition) is 7. The molecule has 0 saturated carbocycles. The van der Waals surface area contributed by atoms with Gasteiger partial charge in [-0.2, -0.15) is 18.3 Å². The summed E-state index contributed by atoms with van der Waals surface area (Å²) in [5, 5.41) is 22.6. The molecule has 6 N–H and O–H groups in total. The van der Waals surface area contributed by atoms with E-state index in [2.05, 4.69) is 30.8 Å². The third-order valence-corrected chi connectivity index (χ3v) is 6.41. The molecule has 5 rings (SSSR count). The monoisotopic (exact) mass is 565 g/mol. The van der Waals surface area contributed by atoms with Crippen LogP contribution in [0.25, 0.3) is 22.2 Å². The lowest BCUT2D eigenvalue weighted by Crippen LogP contribution is -2.31. The number of aliphatic hydroxyl groups excluding tert-OH is 1. The minimum Gasteiger partial charge on any atom is -0.394 e. The second-order valence-electron chi connectivity index (χ2n) is 9.16. The van der Waals surface area contributed by atoms with Crippen LogP contribution in [0, 0.1) is 5.82 Å². The van der Waals surface area contributed by atoms with E-state index in [1.165, 1.54) is 12.1 Å². The summed E-state index contributed by atoms with van der Waals surface area (Å²) in [6.45, 7) is -0.416. The number of pyridine rings is 2. The Hall–Kier alpha value is -5.04. The van der Waals surface area contributed by atoms with Gasteiger partial charge in [-0.3, -0.25) is 9.89 Å². The summed E-state index contributed by atoms with van der Waals surface area (Å²) in [5.41, 5.74) is 7.72. The highest BCUT2D eigenvalue weighted by molar-refractivity contribution is 5.99. The van der Waals surface area contributed by atoms with Crippen LogP contribution < -0.4 is 16.4 Å². The van der Waals surface area contributed by atoms with E-state index < -0.39 is 36.1 Å². The van der Waals surface area contributed by atoms with Crippen LogP contribution >= 0.6 is 0 Å². The molecule has 3 heterocycles. The zero-order valence-electron chi connectivity index (χ0n) is 21.2. The van der Waals surface area contributed by atoms with Gasteiger partial charge in [-0.15, -0.1) is 0 Å². The van der Waals surface area contributed by atoms with E-state index >= 15 is 0 Å². The molecule has 0 unspecified atom stereocenters. The summed E-state index contributed by atoms with van der Waals surface area (Å²) >= 11 is 0. The number of H-pyrrole nitrogens is 1. The molecule has 3 aromatic heterocycles. The molecular weight excluding hydrogens is 542 g/mol. The number of nitrogens with two attached hydrogens (primary N) is 1. The van der Waals surface area contributed by atoms with Crippen molar-refractivity contribution in [2.45, 2.75) is 18.8 Å². The number of amides is 1. The Bertz CT molecular complexity index is 1690. The van der Waals surface area contributed by atoms with Crippen molar-refractivity contribution in [2.75, 3.05) is 17.7 Å². The third-order valence-electron chi connectivity index (χ3n) is 6.41. The predicted molar refractivity (Wildman–Crippen MR) is 144 cm³/mol. The van der Waals surface area contributed by atoms with Crippen LogP contribution in [0.4, 0.5) is 29.2 Å². The number of alkyl halides is 3. The fraction of sp³-hybridized carbons (Fsp3) is 0.143. The van der Waals surface area contributed by atoms with Crippen LogP contribution in [0.15, 0.2) is 73.1 Å². The SMILES string of the molecule is Nc1[nH]nc2ncc(-c3ccc(CNc4ncc(C(F)(F)F)cc4C(=O)N[C@H](CO)c4ccc(F)cc4)cc3)cc12. The van der Waals surface area contributed by atoms with E-state index in [1.807, 2.05) is 30.3 Å². The molecule has 210 valence electrons. The molecule has 5 aromatic rings. The summed E-state index contributed by atoms with van der Waals surface area (Å²) in [6.07, 6.45) is -2.43. The van der Waals surface area contributed by atoms with E-state index in [0.717, 1.165) is 28.8 Å². The van der Waals surface area contributed by atoms with Gasteiger partial charge >= 0.3 is 6.18 Å². The number of aromatic amines is 1. The van der Waals surface area contributed by atoms with Crippen LogP contribution in [0.5, 0.6) is 0 Å². The Balaban J connectivity index is 1.35. The third kappa shape index (κ3) is 6.09. The van der Waals surface area contributed by atoms with Crippen molar-refractivity contribution in [3.8, 4) is 11.1 Å². The maximum atomic E-state index is 13.4. The summed E-state index contributed by atoms with van der Waals surface area (Å²) in [7, 11) is 0. The fourth-order valence-electron chi connectivity index (χ4n) is 4.18. The standard InChI is InChI=1S/C28H23F4N7O2/c29-20-7-5-17(6-8-20)23(14-40)37-27(41)22-10-19(28(30,31)32)13-36-25(22)34-11-15-1-3-16(4-2-15)18-9-21-24(33)38-39-26(21)35-12-18/h1-10,12-13,23,40H,11,14H2,(H,34,36)(H,37,41)(H3,33,35,38,39)/t23-/m1/s1. The van der Waals surface area contributed by atoms with Crippen LogP contribution in [0.1, 0.15) is 33.1 Å². The summed E-state index contributed by atoms with van der Waals surface area (Å²) in [5.74, 6) is -1.09. The Morgan fingerprint density at radius 1 is 1.00 bits per heavy atom. The number of carbonyl (C=O) groups excluding carboxylic acids is 1. The van der Waals surface area contributed by atoms with Crippen molar-refractivity contribution in [1.82, 2.24) is 25.5 Å². The van der Waals surface area contributed by atoms with E-state index in [0.29, 0.717) is 34.7 Å². The first-order valence-electron chi connectivity index (χ1n) is 12.3. The summed E-state index contributed by atoms with van der Waals surface area (Å²) in [6, 6.07) is 13.9. The van der Waals surface area contributed by atoms with E-state index in [-0.39, 0.29) is 17.9 Å². The van der Waals surface area contributed by atoms with Gasteiger partial charge in [-0.25, -0.2) is 14.4 Å². The molecule has 1 amide bonds.